The van der Waals surface area contributed by atoms with E-state index in [1.807, 2.05) is 50.5 Å². The SMILES string of the molecule is COC(=O)c1ccc(-n2c(C)cc(C(=O)CSc3n[nH]c(C(C)C)n3)c2C)cc1. The standard InChI is InChI=1S/C21H24N4O3S/c1-12(2)19-22-21(24-23-19)29-11-18(26)17-10-13(3)25(14(17)4)16-8-6-15(7-9-16)20(27)28-5/h6-10,12H,11H2,1-5H3,(H,22,23,24). The fourth-order valence-corrected chi connectivity index (χ4v) is 3.78. The van der Waals surface area contributed by atoms with Crippen LogP contribution in [0.1, 0.15) is 57.7 Å². The molecule has 3 aromatic rings. The Bertz CT molecular complexity index is 1030. The van der Waals surface area contributed by atoms with Gasteiger partial charge in [0.1, 0.15) is 5.82 Å². The van der Waals surface area contributed by atoms with Crippen molar-refractivity contribution in [3.8, 4) is 5.69 Å². The number of nitrogens with zero attached hydrogens (tertiary/aromatic N) is 3. The average Bonchev–Trinajstić information content (AvgIpc) is 3.30. The zero-order valence-corrected chi connectivity index (χ0v) is 18.0. The van der Waals surface area contributed by atoms with Gasteiger partial charge in [0.25, 0.3) is 0 Å². The Hall–Kier alpha value is -2.87. The number of H-pyrrole nitrogens is 1. The molecule has 8 heteroatoms. The van der Waals surface area contributed by atoms with Crippen molar-refractivity contribution in [1.82, 2.24) is 19.7 Å². The molecule has 1 N–H and O–H groups in total. The van der Waals surface area contributed by atoms with Crippen LogP contribution in [0.3, 0.4) is 0 Å². The summed E-state index contributed by atoms with van der Waals surface area (Å²) in [5, 5.41) is 7.64. The maximum absolute atomic E-state index is 12.8. The Labute approximate surface area is 173 Å². The quantitative estimate of drug-likeness (QED) is 0.357. The number of esters is 1. The zero-order valence-electron chi connectivity index (χ0n) is 17.1. The highest BCUT2D eigenvalue weighted by Gasteiger charge is 2.18. The number of nitrogens with one attached hydrogen (secondary N) is 1. The largest absolute Gasteiger partial charge is 0.465 e. The smallest absolute Gasteiger partial charge is 0.337 e. The molecule has 0 amide bonds. The van der Waals surface area contributed by atoms with Gasteiger partial charge in [-0.3, -0.25) is 9.89 Å². The molecule has 0 saturated carbocycles. The molecule has 2 aromatic heterocycles. The lowest BCUT2D eigenvalue weighted by Gasteiger charge is -2.10. The third-order valence-corrected chi connectivity index (χ3v) is 5.49. The lowest BCUT2D eigenvalue weighted by Crippen LogP contribution is -2.06. The first-order chi connectivity index (χ1) is 13.8. The first-order valence-electron chi connectivity index (χ1n) is 9.27. The van der Waals surface area contributed by atoms with E-state index in [1.165, 1.54) is 18.9 Å². The summed E-state index contributed by atoms with van der Waals surface area (Å²) in [5.74, 6) is 0.987. The summed E-state index contributed by atoms with van der Waals surface area (Å²) in [6.07, 6.45) is 0. The van der Waals surface area contributed by atoms with Crippen LogP contribution in [0.4, 0.5) is 0 Å². The second-order valence-corrected chi connectivity index (χ2v) is 7.97. The lowest BCUT2D eigenvalue weighted by atomic mass is 10.2. The number of aromatic nitrogens is 4. The summed E-state index contributed by atoms with van der Waals surface area (Å²) in [4.78, 5) is 28.8. The Balaban J connectivity index is 1.77. The second-order valence-electron chi connectivity index (χ2n) is 7.03. The van der Waals surface area contributed by atoms with Crippen molar-refractivity contribution >= 4 is 23.5 Å². The number of ether oxygens (including phenoxy) is 1. The van der Waals surface area contributed by atoms with Crippen LogP contribution in [0.25, 0.3) is 5.69 Å². The molecule has 3 rings (SSSR count). The van der Waals surface area contributed by atoms with Gasteiger partial charge in [-0.25, -0.2) is 9.78 Å². The van der Waals surface area contributed by atoms with Gasteiger partial charge >= 0.3 is 5.97 Å². The number of thioether (sulfide) groups is 1. The highest BCUT2D eigenvalue weighted by molar-refractivity contribution is 7.99. The Morgan fingerprint density at radius 1 is 1.21 bits per heavy atom. The minimum Gasteiger partial charge on any atom is -0.465 e. The highest BCUT2D eigenvalue weighted by Crippen LogP contribution is 2.24. The zero-order chi connectivity index (χ0) is 21.1. The van der Waals surface area contributed by atoms with Gasteiger partial charge in [-0.15, -0.1) is 5.10 Å². The molecule has 0 unspecified atom stereocenters. The topological polar surface area (TPSA) is 89.9 Å². The van der Waals surface area contributed by atoms with Crippen LogP contribution < -0.4 is 0 Å². The second kappa shape index (κ2) is 8.65. The van der Waals surface area contributed by atoms with Gasteiger partial charge in [0, 0.05) is 28.6 Å². The number of hydrogen-bond acceptors (Lipinski definition) is 6. The van der Waals surface area contributed by atoms with E-state index in [9.17, 15) is 9.59 Å². The third-order valence-electron chi connectivity index (χ3n) is 4.64. The fraction of sp³-hybridized carbons (Fsp3) is 0.333. The van der Waals surface area contributed by atoms with E-state index in [4.69, 9.17) is 4.74 Å². The molecule has 0 bridgehead atoms. The summed E-state index contributed by atoms with van der Waals surface area (Å²) >= 11 is 1.33. The highest BCUT2D eigenvalue weighted by atomic mass is 32.2. The number of ketones is 1. The minimum atomic E-state index is -0.377. The van der Waals surface area contributed by atoms with Crippen LogP contribution in [0.2, 0.25) is 0 Å². The molecule has 0 fully saturated rings. The molecule has 0 radical (unpaired) electrons. The summed E-state index contributed by atoms with van der Waals surface area (Å²) in [6, 6.07) is 9.01. The molecule has 0 spiro atoms. The number of Topliss-reactive ketones (excluding diaryl/α,β-unsaturated/α-hetero) is 1. The molecule has 0 saturated heterocycles. The molecular formula is C21H24N4O3S. The molecule has 0 aliphatic carbocycles. The van der Waals surface area contributed by atoms with Crippen LogP contribution in [-0.2, 0) is 4.74 Å². The van der Waals surface area contributed by atoms with Crippen molar-refractivity contribution < 1.29 is 14.3 Å². The van der Waals surface area contributed by atoms with Crippen molar-refractivity contribution in [2.75, 3.05) is 12.9 Å². The normalized spacial score (nSPS) is 11.1. The number of hydrogen-bond donors (Lipinski definition) is 1. The number of methoxy groups -OCH3 is 1. The van der Waals surface area contributed by atoms with Gasteiger partial charge in [0.2, 0.25) is 5.16 Å². The molecule has 0 aliphatic rings. The van der Waals surface area contributed by atoms with Crippen molar-refractivity contribution in [3.63, 3.8) is 0 Å². The Morgan fingerprint density at radius 2 is 1.90 bits per heavy atom. The van der Waals surface area contributed by atoms with E-state index in [0.717, 1.165) is 22.9 Å². The Morgan fingerprint density at radius 3 is 2.48 bits per heavy atom. The number of carbonyl (C=O) groups is 2. The van der Waals surface area contributed by atoms with Crippen LogP contribution in [0.5, 0.6) is 0 Å². The molecule has 29 heavy (non-hydrogen) atoms. The third kappa shape index (κ3) is 4.42. The number of benzene rings is 1. The minimum absolute atomic E-state index is 0.0245. The van der Waals surface area contributed by atoms with Crippen LogP contribution >= 0.6 is 11.8 Å². The Kier molecular flexibility index (Phi) is 6.22. The summed E-state index contributed by atoms with van der Waals surface area (Å²) in [6.45, 7) is 7.94. The molecule has 0 atom stereocenters. The maximum atomic E-state index is 12.8. The average molecular weight is 413 g/mol. The van der Waals surface area contributed by atoms with Gasteiger partial charge in [-0.05, 0) is 44.2 Å². The fourth-order valence-electron chi connectivity index (χ4n) is 3.10. The predicted molar refractivity (Wildman–Crippen MR) is 112 cm³/mol. The van der Waals surface area contributed by atoms with Crippen molar-refractivity contribution in [1.29, 1.82) is 0 Å². The number of aryl methyl sites for hydroxylation is 1. The van der Waals surface area contributed by atoms with Gasteiger partial charge in [-0.2, -0.15) is 0 Å². The van der Waals surface area contributed by atoms with Gasteiger partial charge < -0.3 is 9.30 Å². The van der Waals surface area contributed by atoms with Crippen molar-refractivity contribution in [2.24, 2.45) is 0 Å². The summed E-state index contributed by atoms with van der Waals surface area (Å²) in [7, 11) is 1.36. The maximum Gasteiger partial charge on any atom is 0.337 e. The summed E-state index contributed by atoms with van der Waals surface area (Å²) < 4.78 is 6.74. The molecule has 1 aromatic carbocycles. The number of rotatable bonds is 7. The van der Waals surface area contributed by atoms with Gasteiger partial charge in [0.15, 0.2) is 5.78 Å². The van der Waals surface area contributed by atoms with Crippen LogP contribution in [0.15, 0.2) is 35.5 Å². The molecule has 0 aliphatic heterocycles. The molecule has 7 nitrogen and oxygen atoms in total. The van der Waals surface area contributed by atoms with Crippen molar-refractivity contribution in [3.05, 3.63) is 58.7 Å². The van der Waals surface area contributed by atoms with Gasteiger partial charge in [-0.1, -0.05) is 25.6 Å². The predicted octanol–water partition coefficient (Wildman–Crippen LogP) is 4.10. The molecule has 152 valence electrons. The molecule has 2 heterocycles. The first kappa shape index (κ1) is 20.9. The van der Waals surface area contributed by atoms with Gasteiger partial charge in [0.05, 0.1) is 18.4 Å². The number of aromatic amines is 1. The lowest BCUT2D eigenvalue weighted by molar-refractivity contribution is 0.0600. The van der Waals surface area contributed by atoms with E-state index in [2.05, 4.69) is 15.2 Å². The monoisotopic (exact) mass is 412 g/mol. The van der Waals surface area contributed by atoms with Crippen molar-refractivity contribution in [2.45, 2.75) is 38.8 Å². The summed E-state index contributed by atoms with van der Waals surface area (Å²) in [5.41, 5.74) is 3.85. The van der Waals surface area contributed by atoms with Crippen LogP contribution in [-0.4, -0.2) is 44.4 Å². The molecular weight excluding hydrogens is 388 g/mol. The van der Waals surface area contributed by atoms with E-state index in [-0.39, 0.29) is 23.4 Å². The van der Waals surface area contributed by atoms with E-state index >= 15 is 0 Å². The van der Waals surface area contributed by atoms with E-state index in [1.54, 1.807) is 12.1 Å². The van der Waals surface area contributed by atoms with Crippen LogP contribution in [0, 0.1) is 13.8 Å². The van der Waals surface area contributed by atoms with E-state index < -0.39 is 0 Å². The van der Waals surface area contributed by atoms with E-state index in [0.29, 0.717) is 16.3 Å². The number of carbonyl (C=O) groups excluding carboxylic acids is 2. The first-order valence-corrected chi connectivity index (χ1v) is 10.3.